The van der Waals surface area contributed by atoms with Crippen LogP contribution in [0.4, 0.5) is 0 Å². The molecule has 16 heavy (non-hydrogen) atoms. The van der Waals surface area contributed by atoms with E-state index in [2.05, 4.69) is 15.9 Å². The van der Waals surface area contributed by atoms with E-state index in [-0.39, 0.29) is 11.8 Å². The van der Waals surface area contributed by atoms with Crippen LogP contribution in [0.1, 0.15) is 12.5 Å². The molecule has 0 bridgehead atoms. The van der Waals surface area contributed by atoms with Crippen molar-refractivity contribution in [2.45, 2.75) is 19.4 Å². The number of phenols is 1. The number of phenolic OH excluding ortho intramolecular Hbond substituents is 1. The van der Waals surface area contributed by atoms with Crippen LogP contribution in [-0.4, -0.2) is 24.4 Å². The molecule has 1 aliphatic rings. The van der Waals surface area contributed by atoms with Crippen LogP contribution in [0.5, 0.6) is 17.2 Å². The minimum absolute atomic E-state index is 0.0465. The Hall–Kier alpha value is -0.940. The van der Waals surface area contributed by atoms with Crippen molar-refractivity contribution in [3.8, 4) is 17.2 Å². The van der Waals surface area contributed by atoms with Crippen LogP contribution < -0.4 is 15.2 Å². The second kappa shape index (κ2) is 4.51. The molecule has 0 saturated heterocycles. The fourth-order valence-electron chi connectivity index (χ4n) is 1.72. The zero-order chi connectivity index (χ0) is 11.7. The molecular weight excluding hydrogens is 274 g/mol. The molecule has 0 radical (unpaired) electrons. The lowest BCUT2D eigenvalue weighted by atomic mass is 10.0. The van der Waals surface area contributed by atoms with E-state index in [0.29, 0.717) is 41.2 Å². The Morgan fingerprint density at radius 3 is 2.88 bits per heavy atom. The molecule has 3 N–H and O–H groups in total. The molecule has 1 aliphatic heterocycles. The molecule has 5 heteroatoms. The Labute approximate surface area is 102 Å². The Kier molecular flexibility index (Phi) is 3.25. The van der Waals surface area contributed by atoms with Gasteiger partial charge in [-0.3, -0.25) is 0 Å². The second-order valence-electron chi connectivity index (χ2n) is 3.89. The fraction of sp³-hybridized carbons (Fsp3) is 0.455. The Morgan fingerprint density at radius 1 is 1.50 bits per heavy atom. The summed E-state index contributed by atoms with van der Waals surface area (Å²) in [6.07, 6.45) is 0.553. The summed E-state index contributed by atoms with van der Waals surface area (Å²) in [7, 11) is 0. The predicted octanol–water partition coefficient (Wildman–Crippen LogP) is 1.82. The van der Waals surface area contributed by atoms with Crippen LogP contribution in [0, 0.1) is 0 Å². The molecule has 0 fully saturated rings. The van der Waals surface area contributed by atoms with Crippen LogP contribution in [0.15, 0.2) is 10.5 Å². The van der Waals surface area contributed by atoms with Crippen LogP contribution in [0.2, 0.25) is 0 Å². The van der Waals surface area contributed by atoms with E-state index in [1.807, 2.05) is 6.92 Å². The lowest BCUT2D eigenvalue weighted by Crippen LogP contribution is -2.21. The average molecular weight is 288 g/mol. The molecule has 1 heterocycles. The number of fused-ring (bicyclic) bond motifs is 1. The zero-order valence-corrected chi connectivity index (χ0v) is 10.6. The minimum Gasteiger partial charge on any atom is -0.506 e. The summed E-state index contributed by atoms with van der Waals surface area (Å²) in [5.74, 6) is 1.46. The van der Waals surface area contributed by atoms with Crippen LogP contribution in [-0.2, 0) is 6.42 Å². The number of nitrogens with two attached hydrogens (primary N) is 1. The Balaban J connectivity index is 2.50. The quantitative estimate of drug-likeness (QED) is 0.871. The highest BCUT2D eigenvalue weighted by Crippen LogP contribution is 2.44. The average Bonchev–Trinajstić information content (AvgIpc) is 2.24. The lowest BCUT2D eigenvalue weighted by Gasteiger charge is -2.23. The second-order valence-corrected chi connectivity index (χ2v) is 4.75. The van der Waals surface area contributed by atoms with Crippen molar-refractivity contribution < 1.29 is 14.6 Å². The molecule has 0 amide bonds. The SMILES string of the molecule is CC(N)Cc1c(O)c(Br)cc2c1OCCO2. The number of hydrogen-bond acceptors (Lipinski definition) is 4. The van der Waals surface area contributed by atoms with Gasteiger partial charge in [-0.05, 0) is 29.3 Å². The molecule has 0 saturated carbocycles. The van der Waals surface area contributed by atoms with Gasteiger partial charge >= 0.3 is 0 Å². The van der Waals surface area contributed by atoms with Crippen molar-refractivity contribution in [1.29, 1.82) is 0 Å². The summed E-state index contributed by atoms with van der Waals surface area (Å²) >= 11 is 3.29. The van der Waals surface area contributed by atoms with Gasteiger partial charge in [0.15, 0.2) is 11.5 Å². The highest BCUT2D eigenvalue weighted by atomic mass is 79.9. The first-order valence-corrected chi connectivity index (χ1v) is 5.94. The number of hydrogen-bond donors (Lipinski definition) is 2. The van der Waals surface area contributed by atoms with Crippen molar-refractivity contribution in [3.63, 3.8) is 0 Å². The van der Waals surface area contributed by atoms with E-state index >= 15 is 0 Å². The molecule has 0 aliphatic carbocycles. The van der Waals surface area contributed by atoms with Gasteiger partial charge in [0.1, 0.15) is 19.0 Å². The minimum atomic E-state index is -0.0465. The largest absolute Gasteiger partial charge is 0.506 e. The number of aromatic hydroxyl groups is 1. The van der Waals surface area contributed by atoms with E-state index in [1.165, 1.54) is 0 Å². The number of ether oxygens (including phenoxy) is 2. The first-order chi connectivity index (χ1) is 7.59. The van der Waals surface area contributed by atoms with E-state index < -0.39 is 0 Å². The van der Waals surface area contributed by atoms with Crippen LogP contribution in [0.25, 0.3) is 0 Å². The summed E-state index contributed by atoms with van der Waals surface area (Å²) in [4.78, 5) is 0. The molecular formula is C11H14BrNO3. The lowest BCUT2D eigenvalue weighted by molar-refractivity contribution is 0.168. The van der Waals surface area contributed by atoms with Gasteiger partial charge in [-0.2, -0.15) is 0 Å². The number of rotatable bonds is 2. The highest BCUT2D eigenvalue weighted by molar-refractivity contribution is 9.10. The maximum Gasteiger partial charge on any atom is 0.168 e. The third kappa shape index (κ3) is 2.10. The normalized spacial score (nSPS) is 15.9. The van der Waals surface area contributed by atoms with Crippen molar-refractivity contribution in [1.82, 2.24) is 0 Å². The summed E-state index contributed by atoms with van der Waals surface area (Å²) < 4.78 is 11.6. The molecule has 88 valence electrons. The summed E-state index contributed by atoms with van der Waals surface area (Å²) in [6.45, 7) is 2.91. The third-order valence-electron chi connectivity index (χ3n) is 2.38. The standard InChI is InChI=1S/C11H14BrNO3/c1-6(13)4-7-10(14)8(12)5-9-11(7)16-3-2-15-9/h5-6,14H,2-4,13H2,1H3. The van der Waals surface area contributed by atoms with Crippen LogP contribution in [0.3, 0.4) is 0 Å². The number of halogens is 1. The van der Waals surface area contributed by atoms with Gasteiger partial charge in [0.05, 0.1) is 4.47 Å². The monoisotopic (exact) mass is 287 g/mol. The first kappa shape index (κ1) is 11.5. The molecule has 2 rings (SSSR count). The van der Waals surface area contributed by atoms with Crippen molar-refractivity contribution in [3.05, 3.63) is 16.1 Å². The van der Waals surface area contributed by atoms with Gasteiger partial charge in [0.25, 0.3) is 0 Å². The predicted molar refractivity (Wildman–Crippen MR) is 64.2 cm³/mol. The van der Waals surface area contributed by atoms with E-state index in [9.17, 15) is 5.11 Å². The van der Waals surface area contributed by atoms with Crippen LogP contribution >= 0.6 is 15.9 Å². The molecule has 1 aromatic carbocycles. The van der Waals surface area contributed by atoms with Crippen molar-refractivity contribution in [2.24, 2.45) is 5.73 Å². The summed E-state index contributed by atoms with van der Waals surface area (Å²) in [6, 6.07) is 1.67. The first-order valence-electron chi connectivity index (χ1n) is 5.15. The molecule has 0 spiro atoms. The smallest absolute Gasteiger partial charge is 0.168 e. The maximum atomic E-state index is 9.96. The zero-order valence-electron chi connectivity index (χ0n) is 9.00. The van der Waals surface area contributed by atoms with Gasteiger partial charge in [-0.15, -0.1) is 0 Å². The van der Waals surface area contributed by atoms with Crippen molar-refractivity contribution >= 4 is 15.9 Å². The van der Waals surface area contributed by atoms with Gasteiger partial charge in [-0.25, -0.2) is 0 Å². The van der Waals surface area contributed by atoms with Gasteiger partial charge < -0.3 is 20.3 Å². The van der Waals surface area contributed by atoms with Crippen molar-refractivity contribution in [2.75, 3.05) is 13.2 Å². The molecule has 1 unspecified atom stereocenters. The third-order valence-corrected chi connectivity index (χ3v) is 2.99. The van der Waals surface area contributed by atoms with E-state index in [0.717, 1.165) is 0 Å². The van der Waals surface area contributed by atoms with Gasteiger partial charge in [0.2, 0.25) is 0 Å². The topological polar surface area (TPSA) is 64.7 Å². The molecule has 0 aromatic heterocycles. The Morgan fingerprint density at radius 2 is 2.19 bits per heavy atom. The van der Waals surface area contributed by atoms with E-state index in [1.54, 1.807) is 6.07 Å². The summed E-state index contributed by atoms with van der Waals surface area (Å²) in [5, 5.41) is 9.96. The van der Waals surface area contributed by atoms with E-state index in [4.69, 9.17) is 15.2 Å². The highest BCUT2D eigenvalue weighted by Gasteiger charge is 2.22. The summed E-state index contributed by atoms with van der Waals surface area (Å²) in [5.41, 5.74) is 6.46. The van der Waals surface area contributed by atoms with Gasteiger partial charge in [0, 0.05) is 17.7 Å². The molecule has 1 atom stereocenters. The number of benzene rings is 1. The molecule has 4 nitrogen and oxygen atoms in total. The van der Waals surface area contributed by atoms with Gasteiger partial charge in [-0.1, -0.05) is 0 Å². The maximum absolute atomic E-state index is 9.96. The Bertz CT molecular complexity index is 407. The fourth-order valence-corrected chi connectivity index (χ4v) is 2.17. The molecule has 1 aromatic rings.